The summed E-state index contributed by atoms with van der Waals surface area (Å²) < 4.78 is 5.57. The molecule has 2 nitrogen and oxygen atoms in total. The fourth-order valence-corrected chi connectivity index (χ4v) is 1.46. The molecule has 0 N–H and O–H groups in total. The fraction of sp³-hybridized carbons (Fsp3) is 0.444. The lowest BCUT2D eigenvalue weighted by Crippen LogP contribution is -2.29. The van der Waals surface area contributed by atoms with Crippen LogP contribution in [0.15, 0.2) is 18.3 Å². The van der Waals surface area contributed by atoms with E-state index in [-0.39, 0.29) is 0 Å². The van der Waals surface area contributed by atoms with Crippen LogP contribution in [0.4, 0.5) is 0 Å². The summed E-state index contributed by atoms with van der Waals surface area (Å²) in [5.41, 5.74) is 0. The molecule has 0 aliphatic rings. The smallest absolute Gasteiger partial charge is 0.137 e. The van der Waals surface area contributed by atoms with Gasteiger partial charge in [0, 0.05) is 0 Å². The number of nitrogens with zero attached hydrogens (tertiary/aromatic N) is 1. The number of aromatic nitrogens is 1. The molecule has 0 saturated carbocycles. The van der Waals surface area contributed by atoms with Crippen LogP contribution in [0, 0.1) is 0 Å². The van der Waals surface area contributed by atoms with Crippen LogP contribution in [0.25, 0.3) is 0 Å². The molecule has 1 heterocycles. The van der Waals surface area contributed by atoms with Gasteiger partial charge in [-0.15, -0.1) is 0 Å². The van der Waals surface area contributed by atoms with Crippen LogP contribution in [-0.2, 0) is 0 Å². The first kappa shape index (κ1) is 10.5. The van der Waals surface area contributed by atoms with Gasteiger partial charge in [0.1, 0.15) is 10.9 Å². The molecule has 0 unspecified atom stereocenters. The molecule has 0 amide bonds. The predicted octanol–water partition coefficient (Wildman–Crippen LogP) is 2.99. The summed E-state index contributed by atoms with van der Waals surface area (Å²) in [6.45, 7) is 6.78. The molecule has 0 aliphatic carbocycles. The van der Waals surface area contributed by atoms with E-state index in [1.165, 1.54) is 0 Å². The van der Waals surface area contributed by atoms with Crippen molar-refractivity contribution in [2.45, 2.75) is 19.6 Å². The summed E-state index contributed by atoms with van der Waals surface area (Å²) in [6, 6.07) is 3.58. The molecule has 4 heteroatoms. The topological polar surface area (TPSA) is 22.1 Å². The van der Waals surface area contributed by atoms with E-state index in [1.54, 1.807) is 12.3 Å². The van der Waals surface area contributed by atoms with Crippen LogP contribution in [0.3, 0.4) is 0 Å². The van der Waals surface area contributed by atoms with Crippen molar-refractivity contribution in [3.05, 3.63) is 23.5 Å². The third-order valence-electron chi connectivity index (χ3n) is 1.37. The van der Waals surface area contributed by atoms with Gasteiger partial charge >= 0.3 is 0 Å². The van der Waals surface area contributed by atoms with Crippen molar-refractivity contribution in [3.63, 3.8) is 0 Å². The summed E-state index contributed by atoms with van der Waals surface area (Å²) in [6.07, 6.45) is 2.47. The third-order valence-corrected chi connectivity index (χ3v) is 2.61. The third kappa shape index (κ3) is 4.29. The molecule has 1 aromatic rings. The number of hydrogen-bond donors (Lipinski definition) is 0. The maximum absolute atomic E-state index is 5.64. The van der Waals surface area contributed by atoms with E-state index in [4.69, 9.17) is 16.3 Å². The van der Waals surface area contributed by atoms with Crippen molar-refractivity contribution >= 4 is 19.7 Å². The minimum atomic E-state index is -1.14. The van der Waals surface area contributed by atoms with Crippen molar-refractivity contribution in [3.8, 4) is 5.75 Å². The van der Waals surface area contributed by atoms with E-state index < -0.39 is 8.07 Å². The van der Waals surface area contributed by atoms with Crippen molar-refractivity contribution in [2.24, 2.45) is 0 Å². The van der Waals surface area contributed by atoms with Gasteiger partial charge in [-0.3, -0.25) is 0 Å². The zero-order chi connectivity index (χ0) is 9.90. The molecular formula is C9H14ClNOSi. The van der Waals surface area contributed by atoms with E-state index in [0.717, 1.165) is 12.0 Å². The number of rotatable bonds is 3. The largest absolute Gasteiger partial charge is 0.496 e. The minimum Gasteiger partial charge on any atom is -0.496 e. The highest BCUT2D eigenvalue weighted by Crippen LogP contribution is 2.13. The second-order valence-electron chi connectivity index (χ2n) is 4.17. The first-order valence-corrected chi connectivity index (χ1v) is 8.30. The Labute approximate surface area is 84.9 Å². The Hall–Kier alpha value is -0.543. The number of pyridine rings is 1. The fourth-order valence-electron chi connectivity index (χ4n) is 0.747. The lowest BCUT2D eigenvalue weighted by atomic mass is 10.5. The molecule has 0 spiro atoms. The molecule has 0 radical (unpaired) electrons. The second kappa shape index (κ2) is 4.11. The van der Waals surface area contributed by atoms with Gasteiger partial charge in [0.15, 0.2) is 0 Å². The van der Waals surface area contributed by atoms with Crippen LogP contribution in [0.1, 0.15) is 0 Å². The van der Waals surface area contributed by atoms with Crippen LogP contribution in [-0.4, -0.2) is 19.3 Å². The van der Waals surface area contributed by atoms with Crippen molar-refractivity contribution < 1.29 is 4.74 Å². The van der Waals surface area contributed by atoms with Crippen molar-refractivity contribution in [1.82, 2.24) is 4.98 Å². The average molecular weight is 216 g/mol. The molecule has 13 heavy (non-hydrogen) atoms. The summed E-state index contributed by atoms with van der Waals surface area (Å²) in [5, 5.41) is 0.500. The Morgan fingerprint density at radius 2 is 2.08 bits per heavy atom. The summed E-state index contributed by atoms with van der Waals surface area (Å²) in [5.74, 6) is 0.798. The molecule has 0 bridgehead atoms. The van der Waals surface area contributed by atoms with E-state index in [9.17, 15) is 0 Å². The quantitative estimate of drug-likeness (QED) is 0.571. The molecule has 0 aromatic carbocycles. The second-order valence-corrected chi connectivity index (χ2v) is 9.96. The number of hydrogen-bond acceptors (Lipinski definition) is 2. The Kier molecular flexibility index (Phi) is 3.33. The molecule has 0 fully saturated rings. The van der Waals surface area contributed by atoms with Crippen LogP contribution < -0.4 is 4.74 Å². The molecule has 1 aromatic heterocycles. The van der Waals surface area contributed by atoms with E-state index in [0.29, 0.717) is 5.15 Å². The minimum absolute atomic E-state index is 0.500. The molecule has 72 valence electrons. The predicted molar refractivity (Wildman–Crippen MR) is 58.1 cm³/mol. The molecule has 0 atom stereocenters. The van der Waals surface area contributed by atoms with Gasteiger partial charge in [0.25, 0.3) is 0 Å². The van der Waals surface area contributed by atoms with E-state index >= 15 is 0 Å². The van der Waals surface area contributed by atoms with Crippen molar-refractivity contribution in [1.29, 1.82) is 0 Å². The maximum atomic E-state index is 5.64. The summed E-state index contributed by atoms with van der Waals surface area (Å²) in [4.78, 5) is 3.94. The Bertz CT molecular complexity index is 268. The van der Waals surface area contributed by atoms with E-state index in [2.05, 4.69) is 24.6 Å². The van der Waals surface area contributed by atoms with Crippen LogP contribution >= 0.6 is 11.6 Å². The van der Waals surface area contributed by atoms with Gasteiger partial charge < -0.3 is 4.74 Å². The standard InChI is InChI=1S/C9H14ClNOSi/c1-13(2,3)7-12-8-4-5-9(10)11-6-8/h4-6H,7H2,1-3H3. The monoisotopic (exact) mass is 215 g/mol. The SMILES string of the molecule is C[Si](C)(C)COc1ccc(Cl)nc1. The lowest BCUT2D eigenvalue weighted by Gasteiger charge is -2.16. The van der Waals surface area contributed by atoms with Crippen LogP contribution in [0.5, 0.6) is 5.75 Å². The summed E-state index contributed by atoms with van der Waals surface area (Å²) in [7, 11) is -1.14. The number of ether oxygens (including phenoxy) is 1. The summed E-state index contributed by atoms with van der Waals surface area (Å²) >= 11 is 5.64. The lowest BCUT2D eigenvalue weighted by molar-refractivity contribution is 0.376. The van der Waals surface area contributed by atoms with Crippen LogP contribution in [0.2, 0.25) is 24.8 Å². The highest BCUT2D eigenvalue weighted by molar-refractivity contribution is 6.76. The van der Waals surface area contributed by atoms with Gasteiger partial charge in [0.05, 0.1) is 20.5 Å². The molecule has 0 aliphatic heterocycles. The normalized spacial score (nSPS) is 11.4. The first-order chi connectivity index (χ1) is 5.97. The van der Waals surface area contributed by atoms with Gasteiger partial charge in [-0.1, -0.05) is 31.2 Å². The first-order valence-electron chi connectivity index (χ1n) is 4.22. The average Bonchev–Trinajstić information content (AvgIpc) is 2.02. The van der Waals surface area contributed by atoms with Gasteiger partial charge in [0.2, 0.25) is 0 Å². The van der Waals surface area contributed by atoms with Crippen molar-refractivity contribution in [2.75, 3.05) is 6.23 Å². The number of halogens is 1. The molecule has 0 saturated heterocycles. The van der Waals surface area contributed by atoms with E-state index in [1.807, 2.05) is 6.07 Å². The highest BCUT2D eigenvalue weighted by atomic mass is 35.5. The molecular weight excluding hydrogens is 202 g/mol. The Morgan fingerprint density at radius 3 is 2.54 bits per heavy atom. The Balaban J connectivity index is 2.51. The Morgan fingerprint density at radius 1 is 1.38 bits per heavy atom. The van der Waals surface area contributed by atoms with Gasteiger partial charge in [-0.05, 0) is 12.1 Å². The molecule has 1 rings (SSSR count). The van der Waals surface area contributed by atoms with Gasteiger partial charge in [-0.25, -0.2) is 4.98 Å². The zero-order valence-electron chi connectivity index (χ0n) is 8.17. The zero-order valence-corrected chi connectivity index (χ0v) is 9.93. The maximum Gasteiger partial charge on any atom is 0.137 e. The van der Waals surface area contributed by atoms with Gasteiger partial charge in [-0.2, -0.15) is 0 Å². The highest BCUT2D eigenvalue weighted by Gasteiger charge is 2.13.